The van der Waals surface area contributed by atoms with Crippen LogP contribution >= 0.6 is 0 Å². The van der Waals surface area contributed by atoms with Gasteiger partial charge in [0, 0.05) is 6.20 Å². The number of rotatable bonds is 4. The van der Waals surface area contributed by atoms with E-state index in [0.717, 1.165) is 30.5 Å². The summed E-state index contributed by atoms with van der Waals surface area (Å²) in [6.45, 7) is 1.92. The zero-order chi connectivity index (χ0) is 10.8. The summed E-state index contributed by atoms with van der Waals surface area (Å²) in [5.41, 5.74) is 0.919. The molecule has 16 heavy (non-hydrogen) atoms. The number of pyridine rings is 1. The Hall–Kier alpha value is -1.42. The molecule has 1 aliphatic rings. The van der Waals surface area contributed by atoms with Crippen molar-refractivity contribution in [1.29, 1.82) is 0 Å². The van der Waals surface area contributed by atoms with Gasteiger partial charge in [0.15, 0.2) is 11.5 Å². The minimum Gasteiger partial charge on any atom is -0.310 e. The number of hydrogen-bond donors (Lipinski definition) is 1. The quantitative estimate of drug-likeness (QED) is 0.844. The molecule has 1 N–H and O–H groups in total. The second-order valence-electron chi connectivity index (χ2n) is 4.47. The zero-order valence-electron chi connectivity index (χ0n) is 9.26. The van der Waals surface area contributed by atoms with Gasteiger partial charge in [0.1, 0.15) is 0 Å². The molecule has 0 spiro atoms. The van der Waals surface area contributed by atoms with Crippen molar-refractivity contribution in [3.8, 4) is 0 Å². The van der Waals surface area contributed by atoms with Gasteiger partial charge in [-0.1, -0.05) is 12.5 Å². The molecule has 1 fully saturated rings. The normalized spacial score (nSPS) is 16.5. The van der Waals surface area contributed by atoms with Crippen LogP contribution in [0.4, 0.5) is 0 Å². The van der Waals surface area contributed by atoms with Gasteiger partial charge in [-0.2, -0.15) is 0 Å². The second kappa shape index (κ2) is 4.22. The van der Waals surface area contributed by atoms with E-state index >= 15 is 0 Å². The summed E-state index contributed by atoms with van der Waals surface area (Å²) in [6.07, 6.45) is 6.18. The van der Waals surface area contributed by atoms with E-state index in [1.165, 1.54) is 19.3 Å². The number of hydrogen-bond acceptors (Lipinski definition) is 3. The number of fused-ring (bicyclic) bond motifs is 1. The first-order valence-corrected chi connectivity index (χ1v) is 5.93. The SMILES string of the molecule is c1ccn2c(CNCC3CCC3)nnc2c1. The first-order valence-electron chi connectivity index (χ1n) is 5.93. The Morgan fingerprint density at radius 2 is 2.25 bits per heavy atom. The monoisotopic (exact) mass is 216 g/mol. The molecule has 0 radical (unpaired) electrons. The molecular formula is C12H16N4. The van der Waals surface area contributed by atoms with Crippen LogP contribution in [0.3, 0.4) is 0 Å². The molecule has 1 aliphatic carbocycles. The summed E-state index contributed by atoms with van der Waals surface area (Å²) in [5.74, 6) is 1.88. The maximum atomic E-state index is 4.19. The Morgan fingerprint density at radius 1 is 1.31 bits per heavy atom. The van der Waals surface area contributed by atoms with E-state index in [1.807, 2.05) is 28.8 Å². The topological polar surface area (TPSA) is 42.2 Å². The molecule has 2 heterocycles. The van der Waals surface area contributed by atoms with E-state index in [2.05, 4.69) is 15.5 Å². The standard InChI is InChI=1S/C12H16N4/c1-2-7-16-11(6-1)14-15-12(16)9-13-8-10-4-3-5-10/h1-2,6-7,10,13H,3-5,8-9H2. The lowest BCUT2D eigenvalue weighted by molar-refractivity contribution is 0.300. The van der Waals surface area contributed by atoms with Gasteiger partial charge in [0.25, 0.3) is 0 Å². The van der Waals surface area contributed by atoms with Crippen LogP contribution in [-0.2, 0) is 6.54 Å². The van der Waals surface area contributed by atoms with Gasteiger partial charge in [-0.05, 0) is 37.4 Å². The highest BCUT2D eigenvalue weighted by Crippen LogP contribution is 2.25. The molecule has 84 valence electrons. The highest BCUT2D eigenvalue weighted by molar-refractivity contribution is 5.36. The van der Waals surface area contributed by atoms with Gasteiger partial charge in [0.2, 0.25) is 0 Å². The Morgan fingerprint density at radius 3 is 3.06 bits per heavy atom. The molecule has 3 rings (SSSR count). The van der Waals surface area contributed by atoms with Gasteiger partial charge in [0.05, 0.1) is 6.54 Å². The van der Waals surface area contributed by atoms with Crippen LogP contribution in [0.2, 0.25) is 0 Å². The predicted octanol–water partition coefficient (Wildman–Crippen LogP) is 1.62. The lowest BCUT2D eigenvalue weighted by atomic mass is 9.85. The minimum atomic E-state index is 0.807. The third-order valence-corrected chi connectivity index (χ3v) is 3.33. The molecule has 0 bridgehead atoms. The third-order valence-electron chi connectivity index (χ3n) is 3.33. The molecule has 0 amide bonds. The molecule has 2 aromatic rings. The zero-order valence-corrected chi connectivity index (χ0v) is 9.26. The van der Waals surface area contributed by atoms with Gasteiger partial charge >= 0.3 is 0 Å². The van der Waals surface area contributed by atoms with Crippen LogP contribution in [-0.4, -0.2) is 21.1 Å². The van der Waals surface area contributed by atoms with E-state index in [1.54, 1.807) is 0 Å². The maximum absolute atomic E-state index is 4.19. The van der Waals surface area contributed by atoms with Crippen molar-refractivity contribution in [2.45, 2.75) is 25.8 Å². The summed E-state index contributed by atoms with van der Waals surface area (Å²) in [6, 6.07) is 5.96. The summed E-state index contributed by atoms with van der Waals surface area (Å²) in [7, 11) is 0. The molecular weight excluding hydrogens is 200 g/mol. The average Bonchev–Trinajstić information content (AvgIpc) is 2.65. The van der Waals surface area contributed by atoms with E-state index in [-0.39, 0.29) is 0 Å². The minimum absolute atomic E-state index is 0.807. The van der Waals surface area contributed by atoms with Crippen LogP contribution in [0, 0.1) is 5.92 Å². The smallest absolute Gasteiger partial charge is 0.160 e. The van der Waals surface area contributed by atoms with Crippen molar-refractivity contribution in [1.82, 2.24) is 19.9 Å². The van der Waals surface area contributed by atoms with Gasteiger partial charge in [-0.15, -0.1) is 10.2 Å². The van der Waals surface area contributed by atoms with E-state index in [9.17, 15) is 0 Å². The Balaban J connectivity index is 1.64. The van der Waals surface area contributed by atoms with Crippen molar-refractivity contribution >= 4 is 5.65 Å². The van der Waals surface area contributed by atoms with Crippen molar-refractivity contribution in [3.63, 3.8) is 0 Å². The Labute approximate surface area is 94.7 Å². The lowest BCUT2D eigenvalue weighted by Gasteiger charge is -2.25. The molecule has 1 saturated carbocycles. The second-order valence-corrected chi connectivity index (χ2v) is 4.47. The molecule has 0 aromatic carbocycles. The van der Waals surface area contributed by atoms with Crippen molar-refractivity contribution in [2.75, 3.05) is 6.54 Å². The van der Waals surface area contributed by atoms with E-state index < -0.39 is 0 Å². The Kier molecular flexibility index (Phi) is 2.58. The van der Waals surface area contributed by atoms with Gasteiger partial charge in [-0.3, -0.25) is 4.40 Å². The third kappa shape index (κ3) is 1.80. The summed E-state index contributed by atoms with van der Waals surface area (Å²) >= 11 is 0. The maximum Gasteiger partial charge on any atom is 0.160 e. The van der Waals surface area contributed by atoms with Crippen molar-refractivity contribution < 1.29 is 0 Å². The van der Waals surface area contributed by atoms with Gasteiger partial charge < -0.3 is 5.32 Å². The number of nitrogens with one attached hydrogen (secondary N) is 1. The number of aromatic nitrogens is 3. The van der Waals surface area contributed by atoms with Crippen molar-refractivity contribution in [3.05, 3.63) is 30.2 Å². The molecule has 4 heteroatoms. The highest BCUT2D eigenvalue weighted by atomic mass is 15.3. The molecule has 2 aromatic heterocycles. The molecule has 0 saturated heterocycles. The van der Waals surface area contributed by atoms with Crippen LogP contribution in [0.1, 0.15) is 25.1 Å². The van der Waals surface area contributed by atoms with Crippen LogP contribution in [0.15, 0.2) is 24.4 Å². The van der Waals surface area contributed by atoms with E-state index in [0.29, 0.717) is 0 Å². The van der Waals surface area contributed by atoms with E-state index in [4.69, 9.17) is 0 Å². The molecule has 4 nitrogen and oxygen atoms in total. The average molecular weight is 216 g/mol. The van der Waals surface area contributed by atoms with Crippen LogP contribution in [0.25, 0.3) is 5.65 Å². The van der Waals surface area contributed by atoms with Crippen LogP contribution in [0.5, 0.6) is 0 Å². The lowest BCUT2D eigenvalue weighted by Crippen LogP contribution is -2.27. The Bertz CT molecular complexity index is 473. The van der Waals surface area contributed by atoms with Crippen molar-refractivity contribution in [2.24, 2.45) is 5.92 Å². The largest absolute Gasteiger partial charge is 0.310 e. The summed E-state index contributed by atoms with van der Waals surface area (Å²) < 4.78 is 2.04. The molecule has 0 atom stereocenters. The fourth-order valence-electron chi connectivity index (χ4n) is 2.10. The van der Waals surface area contributed by atoms with Crippen LogP contribution < -0.4 is 5.32 Å². The highest BCUT2D eigenvalue weighted by Gasteiger charge is 2.16. The first-order chi connectivity index (χ1) is 7.93. The fraction of sp³-hybridized carbons (Fsp3) is 0.500. The first kappa shape index (κ1) is 9.78. The van der Waals surface area contributed by atoms with Gasteiger partial charge in [-0.25, -0.2) is 0 Å². The molecule has 0 unspecified atom stereocenters. The molecule has 0 aliphatic heterocycles. The predicted molar refractivity (Wildman–Crippen MR) is 62.0 cm³/mol. The number of nitrogens with zero attached hydrogens (tertiary/aromatic N) is 3. The summed E-state index contributed by atoms with van der Waals surface area (Å²) in [4.78, 5) is 0. The fourth-order valence-corrected chi connectivity index (χ4v) is 2.10. The summed E-state index contributed by atoms with van der Waals surface area (Å²) in [5, 5.41) is 11.8.